The molecule has 0 aliphatic carbocycles. The van der Waals surface area contributed by atoms with E-state index in [1.807, 2.05) is 42.2 Å². The first-order valence-electron chi connectivity index (χ1n) is 7.37. The molecule has 1 saturated heterocycles. The molecule has 0 radical (unpaired) electrons. The number of benzene rings is 1. The van der Waals surface area contributed by atoms with Crippen molar-refractivity contribution < 1.29 is 9.90 Å². The highest BCUT2D eigenvalue weighted by Crippen LogP contribution is 2.17. The van der Waals surface area contributed by atoms with E-state index in [0.29, 0.717) is 0 Å². The Morgan fingerprint density at radius 3 is 2.75 bits per heavy atom. The first-order chi connectivity index (χ1) is 9.70. The number of hydrogen-bond acceptors (Lipinski definition) is 2. The van der Waals surface area contributed by atoms with E-state index in [0.717, 1.165) is 37.8 Å². The predicted molar refractivity (Wildman–Crippen MR) is 81.3 cm³/mol. The van der Waals surface area contributed by atoms with Crippen molar-refractivity contribution in [2.24, 2.45) is 0 Å². The van der Waals surface area contributed by atoms with Crippen molar-refractivity contribution in [3.63, 3.8) is 0 Å². The number of nitrogens with zero attached hydrogens (tertiary/aromatic N) is 1. The number of aliphatic hydroxyl groups is 1. The second kappa shape index (κ2) is 7.25. The van der Waals surface area contributed by atoms with Crippen molar-refractivity contribution in [1.82, 2.24) is 4.90 Å². The van der Waals surface area contributed by atoms with Gasteiger partial charge in [-0.25, -0.2) is 0 Å². The van der Waals surface area contributed by atoms with Crippen LogP contribution in [0.15, 0.2) is 30.3 Å². The van der Waals surface area contributed by atoms with Crippen molar-refractivity contribution in [3.05, 3.63) is 41.5 Å². The molecular formula is C17H23NO2. The molecule has 3 heteroatoms. The van der Waals surface area contributed by atoms with Crippen LogP contribution in [0.4, 0.5) is 0 Å². The first kappa shape index (κ1) is 14.8. The van der Waals surface area contributed by atoms with Crippen LogP contribution in [0.2, 0.25) is 0 Å². The van der Waals surface area contributed by atoms with Crippen molar-refractivity contribution in [1.29, 1.82) is 0 Å². The van der Waals surface area contributed by atoms with Crippen LogP contribution in [0.3, 0.4) is 0 Å². The average Bonchev–Trinajstić information content (AvgIpc) is 2.71. The Kier molecular flexibility index (Phi) is 5.36. The molecule has 1 fully saturated rings. The Balaban J connectivity index is 2.03. The van der Waals surface area contributed by atoms with Crippen LogP contribution in [0.5, 0.6) is 0 Å². The lowest BCUT2D eigenvalue weighted by atomic mass is 10.1. The van der Waals surface area contributed by atoms with Crippen LogP contribution in [0, 0.1) is 6.92 Å². The second-order valence-corrected chi connectivity index (χ2v) is 5.46. The fourth-order valence-corrected chi connectivity index (χ4v) is 2.60. The number of rotatable bonds is 3. The van der Waals surface area contributed by atoms with Gasteiger partial charge in [0.15, 0.2) is 0 Å². The summed E-state index contributed by atoms with van der Waals surface area (Å²) in [7, 11) is 0. The van der Waals surface area contributed by atoms with Crippen LogP contribution in [-0.4, -0.2) is 35.1 Å². The SMILES string of the molecule is Cc1ccc(/C=C/C(=O)N2CCCCCC2CO)cc1. The Labute approximate surface area is 120 Å². The van der Waals surface area contributed by atoms with Crippen LogP contribution >= 0.6 is 0 Å². The summed E-state index contributed by atoms with van der Waals surface area (Å²) in [5.41, 5.74) is 2.24. The lowest BCUT2D eigenvalue weighted by molar-refractivity contribution is -0.129. The highest BCUT2D eigenvalue weighted by molar-refractivity contribution is 5.92. The topological polar surface area (TPSA) is 40.5 Å². The molecule has 1 aromatic rings. The van der Waals surface area contributed by atoms with Gasteiger partial charge in [0.05, 0.1) is 12.6 Å². The van der Waals surface area contributed by atoms with Crippen molar-refractivity contribution >= 4 is 12.0 Å². The quantitative estimate of drug-likeness (QED) is 0.860. The number of likely N-dealkylation sites (tertiary alicyclic amines) is 1. The van der Waals surface area contributed by atoms with Crippen LogP contribution in [-0.2, 0) is 4.79 Å². The molecule has 20 heavy (non-hydrogen) atoms. The smallest absolute Gasteiger partial charge is 0.246 e. The molecule has 1 N–H and O–H groups in total. The van der Waals surface area contributed by atoms with E-state index in [2.05, 4.69) is 0 Å². The standard InChI is InChI=1S/C17H23NO2/c1-14-6-8-15(9-7-14)10-11-17(20)18-12-4-2-3-5-16(18)13-19/h6-11,16,19H,2-5,12-13H2,1H3/b11-10+. The summed E-state index contributed by atoms with van der Waals surface area (Å²) in [5, 5.41) is 9.43. The fourth-order valence-electron chi connectivity index (χ4n) is 2.60. The zero-order valence-corrected chi connectivity index (χ0v) is 12.1. The van der Waals surface area contributed by atoms with Gasteiger partial charge >= 0.3 is 0 Å². The van der Waals surface area contributed by atoms with Gasteiger partial charge in [-0.05, 0) is 31.4 Å². The summed E-state index contributed by atoms with van der Waals surface area (Å²) in [6.07, 6.45) is 7.64. The summed E-state index contributed by atoms with van der Waals surface area (Å²) >= 11 is 0. The number of aliphatic hydroxyl groups excluding tert-OH is 1. The average molecular weight is 273 g/mol. The molecule has 1 amide bonds. The highest BCUT2D eigenvalue weighted by atomic mass is 16.3. The highest BCUT2D eigenvalue weighted by Gasteiger charge is 2.22. The van der Waals surface area contributed by atoms with E-state index in [-0.39, 0.29) is 18.6 Å². The predicted octanol–water partition coefficient (Wildman–Crippen LogP) is 2.77. The fraction of sp³-hybridized carbons (Fsp3) is 0.471. The molecular weight excluding hydrogens is 250 g/mol. The summed E-state index contributed by atoms with van der Waals surface area (Å²) in [4.78, 5) is 14.1. The lowest BCUT2D eigenvalue weighted by Crippen LogP contribution is -2.41. The molecule has 1 heterocycles. The maximum Gasteiger partial charge on any atom is 0.246 e. The van der Waals surface area contributed by atoms with Gasteiger partial charge in [0.1, 0.15) is 0 Å². The summed E-state index contributed by atoms with van der Waals surface area (Å²) in [5.74, 6) is 0.00604. The molecule has 108 valence electrons. The molecule has 1 aliphatic heterocycles. The third kappa shape index (κ3) is 3.94. The van der Waals surface area contributed by atoms with Gasteiger partial charge in [-0.15, -0.1) is 0 Å². The van der Waals surface area contributed by atoms with E-state index in [1.165, 1.54) is 5.56 Å². The molecule has 0 spiro atoms. The molecule has 1 aromatic carbocycles. The van der Waals surface area contributed by atoms with Gasteiger partial charge in [-0.2, -0.15) is 0 Å². The van der Waals surface area contributed by atoms with Gasteiger partial charge in [0, 0.05) is 12.6 Å². The molecule has 1 unspecified atom stereocenters. The zero-order chi connectivity index (χ0) is 14.4. The maximum absolute atomic E-state index is 12.3. The monoisotopic (exact) mass is 273 g/mol. The van der Waals surface area contributed by atoms with E-state index in [1.54, 1.807) is 6.08 Å². The Morgan fingerprint density at radius 2 is 2.05 bits per heavy atom. The molecule has 0 bridgehead atoms. The third-order valence-electron chi connectivity index (χ3n) is 3.87. The van der Waals surface area contributed by atoms with Gasteiger partial charge in [-0.3, -0.25) is 4.79 Å². The normalized spacial score (nSPS) is 20.1. The molecule has 0 saturated carbocycles. The largest absolute Gasteiger partial charge is 0.394 e. The molecule has 1 aliphatic rings. The number of aryl methyl sites for hydroxylation is 1. The molecule has 0 aromatic heterocycles. The van der Waals surface area contributed by atoms with E-state index < -0.39 is 0 Å². The van der Waals surface area contributed by atoms with Gasteiger partial charge < -0.3 is 10.0 Å². The van der Waals surface area contributed by atoms with Gasteiger partial charge in [0.2, 0.25) is 5.91 Å². The minimum atomic E-state index is -0.0207. The van der Waals surface area contributed by atoms with Crippen molar-refractivity contribution in [3.8, 4) is 0 Å². The number of amides is 1. The van der Waals surface area contributed by atoms with E-state index in [9.17, 15) is 9.90 Å². The summed E-state index contributed by atoms with van der Waals surface area (Å²) < 4.78 is 0. The number of carbonyl (C=O) groups is 1. The summed E-state index contributed by atoms with van der Waals surface area (Å²) in [6.45, 7) is 2.86. The lowest BCUT2D eigenvalue weighted by Gasteiger charge is -2.27. The number of hydrogen-bond donors (Lipinski definition) is 1. The van der Waals surface area contributed by atoms with Crippen molar-refractivity contribution in [2.45, 2.75) is 38.6 Å². The van der Waals surface area contributed by atoms with Crippen molar-refractivity contribution in [2.75, 3.05) is 13.2 Å². The Hall–Kier alpha value is -1.61. The maximum atomic E-state index is 12.3. The Morgan fingerprint density at radius 1 is 1.30 bits per heavy atom. The molecule has 3 nitrogen and oxygen atoms in total. The van der Waals surface area contributed by atoms with Crippen LogP contribution < -0.4 is 0 Å². The van der Waals surface area contributed by atoms with E-state index in [4.69, 9.17) is 0 Å². The number of carbonyl (C=O) groups excluding carboxylic acids is 1. The minimum absolute atomic E-state index is 0.00604. The van der Waals surface area contributed by atoms with Gasteiger partial charge in [-0.1, -0.05) is 42.7 Å². The van der Waals surface area contributed by atoms with E-state index >= 15 is 0 Å². The Bertz CT molecular complexity index is 464. The molecule has 1 atom stereocenters. The van der Waals surface area contributed by atoms with Crippen LogP contribution in [0.1, 0.15) is 36.8 Å². The zero-order valence-electron chi connectivity index (χ0n) is 12.1. The third-order valence-corrected chi connectivity index (χ3v) is 3.87. The molecule has 2 rings (SSSR count). The summed E-state index contributed by atoms with van der Waals surface area (Å²) in [6, 6.07) is 8.06. The van der Waals surface area contributed by atoms with Gasteiger partial charge in [0.25, 0.3) is 0 Å². The minimum Gasteiger partial charge on any atom is -0.394 e. The first-order valence-corrected chi connectivity index (χ1v) is 7.37. The second-order valence-electron chi connectivity index (χ2n) is 5.46. The van der Waals surface area contributed by atoms with Crippen LogP contribution in [0.25, 0.3) is 6.08 Å².